The Morgan fingerprint density at radius 2 is 1.90 bits per heavy atom. The van der Waals surface area contributed by atoms with Crippen molar-refractivity contribution in [2.24, 2.45) is 5.41 Å². The molecule has 1 aromatic rings. The molecule has 1 aliphatic heterocycles. The van der Waals surface area contributed by atoms with Gasteiger partial charge < -0.3 is 14.4 Å². The zero-order valence-electron chi connectivity index (χ0n) is 11.6. The number of anilines is 1. The summed E-state index contributed by atoms with van der Waals surface area (Å²) < 4.78 is 22.5. The molecule has 112 valence electrons. The minimum absolute atomic E-state index is 0.198. The number of ketones is 1. The van der Waals surface area contributed by atoms with Crippen LogP contribution in [0.25, 0.3) is 0 Å². The van der Waals surface area contributed by atoms with E-state index in [0.29, 0.717) is 5.69 Å². The molecule has 0 radical (unpaired) electrons. The summed E-state index contributed by atoms with van der Waals surface area (Å²) in [6, 6.07) is 5.06. The van der Waals surface area contributed by atoms with E-state index in [0.717, 1.165) is 12.0 Å². The first kappa shape index (κ1) is 15.1. The monoisotopic (exact) mass is 295 g/mol. The SMILES string of the molecule is COCC1(C(=O)OC)CN(c2ccc(F)cc2)C(=O)C1=O. The number of nitrogens with zero attached hydrogens (tertiary/aromatic N) is 1. The molecule has 0 bridgehead atoms. The summed E-state index contributed by atoms with van der Waals surface area (Å²) in [7, 11) is 2.46. The van der Waals surface area contributed by atoms with Crippen molar-refractivity contribution >= 4 is 23.3 Å². The summed E-state index contributed by atoms with van der Waals surface area (Å²) in [5.74, 6) is -3.02. The zero-order valence-corrected chi connectivity index (χ0v) is 11.6. The Labute approximate surface area is 120 Å². The topological polar surface area (TPSA) is 72.9 Å². The Kier molecular flexibility index (Phi) is 4.04. The number of carbonyl (C=O) groups excluding carboxylic acids is 3. The van der Waals surface area contributed by atoms with E-state index in [1.807, 2.05) is 0 Å². The maximum atomic E-state index is 12.9. The van der Waals surface area contributed by atoms with Gasteiger partial charge in [-0.3, -0.25) is 14.4 Å². The smallest absolute Gasteiger partial charge is 0.324 e. The van der Waals surface area contributed by atoms with E-state index in [1.54, 1.807) is 0 Å². The molecule has 21 heavy (non-hydrogen) atoms. The maximum absolute atomic E-state index is 12.9. The molecule has 7 heteroatoms. The quantitative estimate of drug-likeness (QED) is 0.461. The highest BCUT2D eigenvalue weighted by Crippen LogP contribution is 2.33. The Balaban J connectivity index is 2.40. The van der Waals surface area contributed by atoms with E-state index >= 15 is 0 Å². The van der Waals surface area contributed by atoms with Crippen LogP contribution in [0.3, 0.4) is 0 Å². The van der Waals surface area contributed by atoms with Crippen molar-refractivity contribution in [3.8, 4) is 0 Å². The fourth-order valence-corrected chi connectivity index (χ4v) is 2.34. The summed E-state index contributed by atoms with van der Waals surface area (Å²) >= 11 is 0. The van der Waals surface area contributed by atoms with Gasteiger partial charge in [-0.1, -0.05) is 0 Å². The van der Waals surface area contributed by atoms with Gasteiger partial charge >= 0.3 is 5.97 Å². The predicted molar refractivity (Wildman–Crippen MR) is 70.1 cm³/mol. The van der Waals surface area contributed by atoms with Crippen LogP contribution >= 0.6 is 0 Å². The van der Waals surface area contributed by atoms with Gasteiger partial charge in [-0.2, -0.15) is 0 Å². The first-order chi connectivity index (χ1) is 9.96. The van der Waals surface area contributed by atoms with Crippen LogP contribution in [0, 0.1) is 11.2 Å². The van der Waals surface area contributed by atoms with Crippen LogP contribution in [0.15, 0.2) is 24.3 Å². The predicted octanol–water partition coefficient (Wildman–Crippen LogP) is 0.547. The van der Waals surface area contributed by atoms with Crippen molar-refractivity contribution in [2.45, 2.75) is 0 Å². The highest BCUT2D eigenvalue weighted by atomic mass is 19.1. The Morgan fingerprint density at radius 3 is 2.43 bits per heavy atom. The highest BCUT2D eigenvalue weighted by Gasteiger charge is 2.58. The van der Waals surface area contributed by atoms with E-state index in [1.165, 1.54) is 31.4 Å². The van der Waals surface area contributed by atoms with Crippen molar-refractivity contribution in [1.29, 1.82) is 0 Å². The van der Waals surface area contributed by atoms with Crippen molar-refractivity contribution in [3.63, 3.8) is 0 Å². The van der Waals surface area contributed by atoms with E-state index in [2.05, 4.69) is 4.74 Å². The van der Waals surface area contributed by atoms with Gasteiger partial charge in [0, 0.05) is 12.8 Å². The number of hydrogen-bond acceptors (Lipinski definition) is 5. The number of esters is 1. The van der Waals surface area contributed by atoms with E-state index in [9.17, 15) is 18.8 Å². The van der Waals surface area contributed by atoms with Crippen LogP contribution in [0.2, 0.25) is 0 Å². The number of amides is 1. The lowest BCUT2D eigenvalue weighted by Crippen LogP contribution is -2.44. The summed E-state index contributed by atoms with van der Waals surface area (Å²) in [6.45, 7) is -0.460. The number of benzene rings is 1. The molecular weight excluding hydrogens is 281 g/mol. The van der Waals surface area contributed by atoms with Crippen molar-refractivity contribution in [2.75, 3.05) is 32.3 Å². The third kappa shape index (κ3) is 2.40. The molecule has 0 spiro atoms. The molecule has 0 saturated carbocycles. The minimum atomic E-state index is -1.69. The van der Waals surface area contributed by atoms with Gasteiger partial charge in [0.15, 0.2) is 5.41 Å². The third-order valence-electron chi connectivity index (χ3n) is 3.41. The van der Waals surface area contributed by atoms with E-state index in [-0.39, 0.29) is 13.2 Å². The van der Waals surface area contributed by atoms with Crippen LogP contribution in [-0.2, 0) is 23.9 Å². The number of methoxy groups -OCH3 is 2. The van der Waals surface area contributed by atoms with Crippen molar-refractivity contribution in [3.05, 3.63) is 30.1 Å². The van der Waals surface area contributed by atoms with Crippen LogP contribution in [0.4, 0.5) is 10.1 Å². The number of Topliss-reactive ketones (excluding diaryl/α,β-unsaturated/α-hetero) is 1. The second kappa shape index (κ2) is 5.61. The highest BCUT2D eigenvalue weighted by molar-refractivity contribution is 6.49. The van der Waals surface area contributed by atoms with Crippen LogP contribution in [0.1, 0.15) is 0 Å². The number of rotatable bonds is 4. The lowest BCUT2D eigenvalue weighted by molar-refractivity contribution is -0.160. The molecule has 0 aromatic heterocycles. The largest absolute Gasteiger partial charge is 0.468 e. The number of hydrogen-bond donors (Lipinski definition) is 0. The fourth-order valence-electron chi connectivity index (χ4n) is 2.34. The van der Waals surface area contributed by atoms with Crippen LogP contribution in [-0.4, -0.2) is 45.0 Å². The van der Waals surface area contributed by atoms with Gasteiger partial charge in [-0.15, -0.1) is 0 Å². The molecule has 1 aliphatic rings. The molecule has 1 amide bonds. The summed E-state index contributed by atoms with van der Waals surface area (Å²) in [6.07, 6.45) is 0. The average Bonchev–Trinajstić information content (AvgIpc) is 2.74. The lowest BCUT2D eigenvalue weighted by atomic mass is 9.87. The molecule has 1 aromatic carbocycles. The molecule has 1 heterocycles. The zero-order chi connectivity index (χ0) is 15.6. The van der Waals surface area contributed by atoms with Crippen molar-refractivity contribution in [1.82, 2.24) is 0 Å². The van der Waals surface area contributed by atoms with Crippen molar-refractivity contribution < 1.29 is 28.2 Å². The molecule has 0 aliphatic carbocycles. The average molecular weight is 295 g/mol. The van der Waals surface area contributed by atoms with Gasteiger partial charge in [0.05, 0.1) is 20.3 Å². The van der Waals surface area contributed by atoms with Gasteiger partial charge in [-0.05, 0) is 24.3 Å². The Hall–Kier alpha value is -2.28. The molecule has 1 atom stereocenters. The normalized spacial score (nSPS) is 21.8. The van der Waals surface area contributed by atoms with Gasteiger partial charge in [0.2, 0.25) is 5.78 Å². The van der Waals surface area contributed by atoms with Crippen LogP contribution < -0.4 is 4.90 Å². The van der Waals surface area contributed by atoms with Gasteiger partial charge in [0.1, 0.15) is 5.82 Å². The maximum Gasteiger partial charge on any atom is 0.324 e. The molecule has 0 N–H and O–H groups in total. The van der Waals surface area contributed by atoms with E-state index < -0.39 is 28.9 Å². The molecule has 2 rings (SSSR count). The first-order valence-corrected chi connectivity index (χ1v) is 6.15. The fraction of sp³-hybridized carbons (Fsp3) is 0.357. The number of carbonyl (C=O) groups is 3. The van der Waals surface area contributed by atoms with Gasteiger partial charge in [0.25, 0.3) is 5.91 Å². The molecular formula is C14H14FNO5. The molecule has 1 saturated heterocycles. The van der Waals surface area contributed by atoms with Gasteiger partial charge in [-0.25, -0.2) is 4.39 Å². The number of ether oxygens (including phenoxy) is 2. The molecule has 6 nitrogen and oxygen atoms in total. The first-order valence-electron chi connectivity index (χ1n) is 6.15. The standard InChI is InChI=1S/C14H14FNO5/c1-20-8-14(13(19)21-2)7-16(12(18)11(14)17)10-5-3-9(15)4-6-10/h3-6H,7-8H2,1-2H3. The Morgan fingerprint density at radius 1 is 1.29 bits per heavy atom. The lowest BCUT2D eigenvalue weighted by Gasteiger charge is -2.23. The minimum Gasteiger partial charge on any atom is -0.468 e. The molecule has 1 fully saturated rings. The second-order valence-corrected chi connectivity index (χ2v) is 4.70. The molecule has 1 unspecified atom stereocenters. The van der Waals surface area contributed by atoms with E-state index in [4.69, 9.17) is 4.74 Å². The summed E-state index contributed by atoms with van der Waals surface area (Å²) in [5.41, 5.74) is -1.36. The summed E-state index contributed by atoms with van der Waals surface area (Å²) in [5, 5.41) is 0. The third-order valence-corrected chi connectivity index (χ3v) is 3.41. The second-order valence-electron chi connectivity index (χ2n) is 4.70. The summed E-state index contributed by atoms with van der Waals surface area (Å²) in [4.78, 5) is 37.4. The van der Waals surface area contributed by atoms with Crippen LogP contribution in [0.5, 0.6) is 0 Å². The Bertz CT molecular complexity index is 586. The number of halogens is 1.